The molecule has 3 saturated carbocycles. The van der Waals surface area contributed by atoms with Gasteiger partial charge in [0.2, 0.25) is 0 Å². The first kappa shape index (κ1) is 24.8. The molecule has 4 aliphatic rings. The summed E-state index contributed by atoms with van der Waals surface area (Å²) >= 11 is 0. The summed E-state index contributed by atoms with van der Waals surface area (Å²) in [5.74, 6) is 6.49. The Bertz CT molecular complexity index is 663. The largest absolute Gasteiger partial charge is 0.378 e. The Labute approximate surface area is 200 Å². The summed E-state index contributed by atoms with van der Waals surface area (Å²) < 4.78 is 6.06. The lowest BCUT2D eigenvalue weighted by atomic mass is 9.47. The van der Waals surface area contributed by atoms with Crippen molar-refractivity contribution < 1.29 is 4.74 Å². The molecule has 1 heteroatoms. The van der Waals surface area contributed by atoms with Gasteiger partial charge in [0.15, 0.2) is 0 Å². The lowest BCUT2D eigenvalue weighted by molar-refractivity contribution is -0.0632. The van der Waals surface area contributed by atoms with Gasteiger partial charge >= 0.3 is 0 Å². The zero-order valence-electron chi connectivity index (χ0n) is 22.6. The highest BCUT2D eigenvalue weighted by atomic mass is 16.5. The average Bonchev–Trinajstić information content (AvgIpc) is 3.11. The number of allylic oxidation sites excluding steroid dienone is 1. The van der Waals surface area contributed by atoms with E-state index in [9.17, 15) is 0 Å². The van der Waals surface area contributed by atoms with Crippen LogP contribution in [0.25, 0.3) is 0 Å². The Morgan fingerprint density at radius 2 is 1.75 bits per heavy atom. The molecule has 0 bridgehead atoms. The molecule has 0 aromatic heterocycles. The Morgan fingerprint density at radius 1 is 0.969 bits per heavy atom. The third-order valence-corrected chi connectivity index (χ3v) is 11.7. The number of rotatable bonds is 8. The van der Waals surface area contributed by atoms with Gasteiger partial charge in [-0.25, -0.2) is 0 Å². The molecule has 0 aromatic carbocycles. The van der Waals surface area contributed by atoms with Crippen LogP contribution < -0.4 is 0 Å². The van der Waals surface area contributed by atoms with Crippen LogP contribution in [0.3, 0.4) is 0 Å². The topological polar surface area (TPSA) is 9.23 Å². The minimum Gasteiger partial charge on any atom is -0.378 e. The van der Waals surface area contributed by atoms with Gasteiger partial charge in [-0.15, -0.1) is 0 Å². The van der Waals surface area contributed by atoms with Gasteiger partial charge < -0.3 is 4.74 Å². The van der Waals surface area contributed by atoms with Crippen LogP contribution in [-0.4, -0.2) is 12.7 Å². The molecule has 0 saturated heterocycles. The van der Waals surface area contributed by atoms with Crippen molar-refractivity contribution in [3.05, 3.63) is 11.6 Å². The average molecular weight is 443 g/mol. The van der Waals surface area contributed by atoms with Crippen LogP contribution in [0.1, 0.15) is 119 Å². The summed E-state index contributed by atoms with van der Waals surface area (Å²) in [5, 5.41) is 0. The fraction of sp³-hybridized carbons (Fsp3) is 0.935. The zero-order chi connectivity index (χ0) is 23.1. The van der Waals surface area contributed by atoms with Crippen LogP contribution >= 0.6 is 0 Å². The maximum Gasteiger partial charge on any atom is 0.0612 e. The van der Waals surface area contributed by atoms with E-state index in [0.717, 1.165) is 48.0 Å². The summed E-state index contributed by atoms with van der Waals surface area (Å²) in [7, 11) is 0. The van der Waals surface area contributed by atoms with Gasteiger partial charge in [0.1, 0.15) is 0 Å². The molecule has 184 valence electrons. The molecule has 0 unspecified atom stereocenters. The summed E-state index contributed by atoms with van der Waals surface area (Å²) in [6.45, 7) is 18.3. The third kappa shape index (κ3) is 4.27. The molecule has 0 N–H and O–H groups in total. The molecule has 0 aliphatic heterocycles. The molecule has 9 atom stereocenters. The van der Waals surface area contributed by atoms with Crippen LogP contribution in [0.5, 0.6) is 0 Å². The molecule has 3 fully saturated rings. The van der Waals surface area contributed by atoms with Crippen LogP contribution in [0.2, 0.25) is 0 Å². The van der Waals surface area contributed by atoms with E-state index in [0.29, 0.717) is 16.9 Å². The molecule has 0 amide bonds. The standard InChI is InChI=1S/C31H54O/c1-8-23(21(3)4)11-10-22(5)27-14-15-28-26-13-12-24-20-25(32-9-2)16-18-30(24,6)29(26)17-19-31(27,28)7/h12,21-23,25-29H,8-11,13-20H2,1-7H3/t22-,23-,25+,26+,27-,28+,29+,30+,31-/m1/s1. The van der Waals surface area contributed by atoms with E-state index in [1.165, 1.54) is 70.6 Å². The maximum absolute atomic E-state index is 6.06. The molecular formula is C31H54O. The molecule has 0 spiro atoms. The second-order valence-corrected chi connectivity index (χ2v) is 13.3. The van der Waals surface area contributed by atoms with Crippen molar-refractivity contribution in [2.45, 2.75) is 125 Å². The number of hydrogen-bond donors (Lipinski definition) is 0. The lowest BCUT2D eigenvalue weighted by Crippen LogP contribution is -2.51. The highest BCUT2D eigenvalue weighted by molar-refractivity contribution is 5.25. The second kappa shape index (κ2) is 9.75. The lowest BCUT2D eigenvalue weighted by Gasteiger charge is -2.58. The second-order valence-electron chi connectivity index (χ2n) is 13.3. The quantitative estimate of drug-likeness (QED) is 0.341. The Balaban J connectivity index is 1.46. The van der Waals surface area contributed by atoms with Crippen molar-refractivity contribution in [2.24, 2.45) is 52.3 Å². The molecule has 0 radical (unpaired) electrons. The molecule has 32 heavy (non-hydrogen) atoms. The van der Waals surface area contributed by atoms with E-state index < -0.39 is 0 Å². The van der Waals surface area contributed by atoms with Crippen LogP contribution in [0.15, 0.2) is 11.6 Å². The van der Waals surface area contributed by atoms with E-state index in [2.05, 4.69) is 54.5 Å². The molecular weight excluding hydrogens is 388 g/mol. The van der Waals surface area contributed by atoms with Crippen molar-refractivity contribution in [2.75, 3.05) is 6.61 Å². The summed E-state index contributed by atoms with van der Waals surface area (Å²) in [6.07, 6.45) is 18.7. The van der Waals surface area contributed by atoms with Gasteiger partial charge in [-0.3, -0.25) is 0 Å². The number of fused-ring (bicyclic) bond motifs is 5. The van der Waals surface area contributed by atoms with Gasteiger partial charge in [-0.05, 0) is 117 Å². The predicted octanol–water partition coefficient (Wildman–Crippen LogP) is 9.07. The minimum atomic E-state index is 0.465. The smallest absolute Gasteiger partial charge is 0.0612 e. The summed E-state index contributed by atoms with van der Waals surface area (Å²) in [4.78, 5) is 0. The normalized spacial score (nSPS) is 43.2. The number of ether oxygens (including phenoxy) is 1. The minimum absolute atomic E-state index is 0.465. The van der Waals surface area contributed by atoms with Crippen LogP contribution in [0, 0.1) is 52.3 Å². The SMILES string of the molecule is CCO[C@H]1CC[C@@]2(C)C(=CC[C@H]3[C@@H]4CC[C@H]([C@H](C)CC[C@@H](CC)C(C)C)[C@@]4(C)CC[C@@H]32)C1. The van der Waals surface area contributed by atoms with Crippen molar-refractivity contribution in [1.82, 2.24) is 0 Å². The molecule has 1 nitrogen and oxygen atoms in total. The fourth-order valence-electron chi connectivity index (χ4n) is 9.67. The monoisotopic (exact) mass is 442 g/mol. The van der Waals surface area contributed by atoms with Gasteiger partial charge in [0.25, 0.3) is 0 Å². The van der Waals surface area contributed by atoms with Crippen molar-refractivity contribution in [1.29, 1.82) is 0 Å². The van der Waals surface area contributed by atoms with Gasteiger partial charge in [-0.2, -0.15) is 0 Å². The van der Waals surface area contributed by atoms with E-state index in [-0.39, 0.29) is 0 Å². The Morgan fingerprint density at radius 3 is 2.44 bits per heavy atom. The van der Waals surface area contributed by atoms with E-state index >= 15 is 0 Å². The van der Waals surface area contributed by atoms with E-state index in [1.54, 1.807) is 5.57 Å². The molecule has 4 rings (SSSR count). The summed E-state index contributed by atoms with van der Waals surface area (Å²) in [5.41, 5.74) is 2.84. The number of hydrogen-bond acceptors (Lipinski definition) is 1. The predicted molar refractivity (Wildman–Crippen MR) is 138 cm³/mol. The van der Waals surface area contributed by atoms with E-state index in [4.69, 9.17) is 4.74 Å². The van der Waals surface area contributed by atoms with Crippen molar-refractivity contribution in [3.63, 3.8) is 0 Å². The molecule has 4 aliphatic carbocycles. The maximum atomic E-state index is 6.06. The van der Waals surface area contributed by atoms with Crippen molar-refractivity contribution in [3.8, 4) is 0 Å². The Hall–Kier alpha value is -0.300. The van der Waals surface area contributed by atoms with Crippen molar-refractivity contribution >= 4 is 0 Å². The van der Waals surface area contributed by atoms with Gasteiger partial charge in [0, 0.05) is 6.61 Å². The zero-order valence-corrected chi connectivity index (χ0v) is 22.6. The Kier molecular flexibility index (Phi) is 7.56. The summed E-state index contributed by atoms with van der Waals surface area (Å²) in [6, 6.07) is 0. The first-order valence-corrected chi connectivity index (χ1v) is 14.6. The first-order chi connectivity index (χ1) is 15.2. The van der Waals surface area contributed by atoms with E-state index in [1.807, 2.05) is 0 Å². The third-order valence-electron chi connectivity index (χ3n) is 11.7. The molecule has 0 heterocycles. The fourth-order valence-corrected chi connectivity index (χ4v) is 9.67. The first-order valence-electron chi connectivity index (χ1n) is 14.6. The highest BCUT2D eigenvalue weighted by Gasteiger charge is 2.59. The molecule has 0 aromatic rings. The highest BCUT2D eigenvalue weighted by Crippen LogP contribution is 2.67. The van der Waals surface area contributed by atoms with Gasteiger partial charge in [-0.1, -0.05) is 66.0 Å². The van der Waals surface area contributed by atoms with Gasteiger partial charge in [0.05, 0.1) is 6.10 Å². The van der Waals surface area contributed by atoms with Crippen LogP contribution in [-0.2, 0) is 4.74 Å². The van der Waals surface area contributed by atoms with Crippen LogP contribution in [0.4, 0.5) is 0 Å².